The van der Waals surface area contributed by atoms with Gasteiger partial charge in [0.1, 0.15) is 11.4 Å². The van der Waals surface area contributed by atoms with Gasteiger partial charge in [-0.05, 0) is 53.6 Å². The van der Waals surface area contributed by atoms with Gasteiger partial charge < -0.3 is 5.21 Å². The van der Waals surface area contributed by atoms with Crippen LogP contribution in [0.15, 0.2) is 117 Å². The summed E-state index contributed by atoms with van der Waals surface area (Å²) in [5.41, 5.74) is 9.90. The molecule has 4 rings (SSSR count). The number of nitro benzene ring substituents is 1. The van der Waals surface area contributed by atoms with Crippen LogP contribution >= 0.6 is 0 Å². The van der Waals surface area contributed by atoms with Crippen molar-refractivity contribution in [2.75, 3.05) is 11.5 Å². The summed E-state index contributed by atoms with van der Waals surface area (Å²) in [5.74, 6) is 1.81. The molecule has 0 heterocycles. The van der Waals surface area contributed by atoms with E-state index in [9.17, 15) is 15.3 Å². The Morgan fingerprint density at radius 2 is 1.54 bits per heavy atom. The third-order valence-electron chi connectivity index (χ3n) is 5.48. The Labute approximate surface area is 233 Å². The van der Waals surface area contributed by atoms with E-state index in [-0.39, 0.29) is 16.3 Å². The van der Waals surface area contributed by atoms with Gasteiger partial charge in [-0.2, -0.15) is 0 Å². The Morgan fingerprint density at radius 1 is 0.923 bits per heavy atom. The lowest BCUT2D eigenvalue weighted by Crippen LogP contribution is -2.11. The zero-order valence-electron chi connectivity index (χ0n) is 20.8. The first-order chi connectivity index (χ1) is 19.0. The van der Waals surface area contributed by atoms with E-state index in [1.54, 1.807) is 59.4 Å². The first kappa shape index (κ1) is 27.4. The lowest BCUT2D eigenvalue weighted by atomic mass is 10.1. The second-order valence-electron chi connectivity index (χ2n) is 8.21. The predicted molar refractivity (Wildman–Crippen MR) is 162 cm³/mol. The maximum absolute atomic E-state index is 11.0. The van der Waals surface area contributed by atoms with Gasteiger partial charge in [-0.15, -0.1) is 11.5 Å². The minimum absolute atomic E-state index is 0.0516. The van der Waals surface area contributed by atoms with Crippen molar-refractivity contribution in [3.63, 3.8) is 0 Å². The van der Waals surface area contributed by atoms with Gasteiger partial charge in [-0.25, -0.2) is 0 Å². The molecule has 0 saturated carbocycles. The molecular formula is C29H24N4O4S2+2. The van der Waals surface area contributed by atoms with Crippen LogP contribution in [0.5, 0.6) is 0 Å². The third-order valence-corrected chi connectivity index (χ3v) is 7.74. The standard InChI is InChI=1S/C29H24N4O4S2/c34-32(35)24-14-10-22(11-15-24)20-30-26-6-1-3-8-28(26)38-18-5-19-39-29-9-4-2-7-27(29)31-21-23-12-16-25(17-13-23)33(36)37/h1-2,6-16,20-21H,5,17-19H2,(H,36,37)/q+2. The zero-order valence-corrected chi connectivity index (χ0v) is 22.4. The van der Waals surface area contributed by atoms with Crippen molar-refractivity contribution in [2.24, 2.45) is 9.98 Å². The highest BCUT2D eigenvalue weighted by atomic mass is 32.1. The van der Waals surface area contributed by atoms with Gasteiger partial charge in [-0.1, -0.05) is 6.08 Å². The lowest BCUT2D eigenvalue weighted by molar-refractivity contribution is -0.726. The average Bonchev–Trinajstić information content (AvgIpc) is 2.96. The fourth-order valence-corrected chi connectivity index (χ4v) is 5.48. The Morgan fingerprint density at radius 3 is 2.08 bits per heavy atom. The molecule has 3 aliphatic rings. The maximum atomic E-state index is 11.0. The molecule has 0 fully saturated rings. The smallest absolute Gasteiger partial charge is 0.269 e. The summed E-state index contributed by atoms with van der Waals surface area (Å²) in [7, 11) is 0. The number of benzene rings is 1. The summed E-state index contributed by atoms with van der Waals surface area (Å²) < 4.78 is 0. The van der Waals surface area contributed by atoms with Crippen LogP contribution in [0.25, 0.3) is 0 Å². The minimum atomic E-state index is -0.421. The molecular weight excluding hydrogens is 532 g/mol. The number of nitro groups is 1. The Kier molecular flexibility index (Phi) is 9.72. The van der Waals surface area contributed by atoms with Gasteiger partial charge in [0.05, 0.1) is 17.8 Å². The Balaban J connectivity index is 1.32. The first-order valence-corrected chi connectivity index (χ1v) is 14.0. The molecule has 0 bridgehead atoms. The molecule has 194 valence electrons. The largest absolute Gasteiger partial charge is 0.417 e. The average molecular weight is 557 g/mol. The quantitative estimate of drug-likeness (QED) is 0.0558. The number of non-ortho nitro benzene ring substituents is 1. The van der Waals surface area contributed by atoms with Gasteiger partial charge >= 0.3 is 0 Å². The number of aliphatic imine (C=N–C) groups is 2. The summed E-state index contributed by atoms with van der Waals surface area (Å²) >= 11 is 3.44. The molecule has 8 nitrogen and oxygen atoms in total. The molecule has 1 aromatic carbocycles. The molecule has 0 unspecified atom stereocenters. The van der Waals surface area contributed by atoms with Crippen molar-refractivity contribution >= 4 is 56.3 Å². The lowest BCUT2D eigenvalue weighted by Gasteiger charge is -2.02. The van der Waals surface area contributed by atoms with Crippen molar-refractivity contribution in [1.82, 2.24) is 0 Å². The molecule has 0 aromatic heterocycles. The van der Waals surface area contributed by atoms with Crippen LogP contribution in [0.3, 0.4) is 0 Å². The third kappa shape index (κ3) is 8.20. The van der Waals surface area contributed by atoms with Crippen LogP contribution < -0.4 is 0 Å². The molecule has 1 N–H and O–H groups in total. The number of hydrogen-bond donors (Lipinski definition) is 1. The summed E-state index contributed by atoms with van der Waals surface area (Å²) in [6.45, 7) is 0. The molecule has 0 saturated heterocycles. The second kappa shape index (κ2) is 13.8. The fourth-order valence-electron chi connectivity index (χ4n) is 3.44. The van der Waals surface area contributed by atoms with Crippen LogP contribution in [0.1, 0.15) is 18.4 Å². The van der Waals surface area contributed by atoms with Crippen molar-refractivity contribution in [2.45, 2.75) is 12.8 Å². The van der Waals surface area contributed by atoms with E-state index in [1.807, 2.05) is 42.5 Å². The second-order valence-corrected chi connectivity index (χ2v) is 10.5. The van der Waals surface area contributed by atoms with Crippen LogP contribution in [0.4, 0.5) is 5.69 Å². The van der Waals surface area contributed by atoms with Crippen molar-refractivity contribution in [3.05, 3.63) is 128 Å². The van der Waals surface area contributed by atoms with Crippen molar-refractivity contribution in [1.29, 1.82) is 0 Å². The van der Waals surface area contributed by atoms with E-state index in [0.29, 0.717) is 6.42 Å². The topological polar surface area (TPSA) is 114 Å². The molecule has 3 aliphatic carbocycles. The highest BCUT2D eigenvalue weighted by molar-refractivity contribution is 7.80. The monoisotopic (exact) mass is 556 g/mol. The number of allylic oxidation sites excluding steroid dienone is 8. The number of hydrogen-bond acceptors (Lipinski definition) is 6. The number of rotatable bonds is 9. The normalized spacial score (nSPS) is 19.7. The maximum Gasteiger partial charge on any atom is 0.269 e. The van der Waals surface area contributed by atoms with Crippen molar-refractivity contribution < 1.29 is 15.0 Å². The van der Waals surface area contributed by atoms with Gasteiger partial charge in [-0.3, -0.25) is 25.3 Å². The SMILES string of the molecule is O=[N+]([O-])c1ccc(C=NC2=CC=C=CC2=[S+]CCC[S+]=C2C=C=CC=C2N=CC2=CCC(=[N+]([O-])O)C=C2)cc1. The van der Waals surface area contributed by atoms with E-state index in [4.69, 9.17) is 5.21 Å². The van der Waals surface area contributed by atoms with Gasteiger partial charge in [0.2, 0.25) is 5.71 Å². The fraction of sp³-hybridized carbons (Fsp3) is 0.138. The first-order valence-electron chi connectivity index (χ1n) is 12.0. The van der Waals surface area contributed by atoms with Gasteiger partial charge in [0.15, 0.2) is 34.2 Å². The molecule has 39 heavy (non-hydrogen) atoms. The van der Waals surface area contributed by atoms with E-state index in [2.05, 4.69) is 21.4 Å². The summed E-state index contributed by atoms with van der Waals surface area (Å²) in [6.07, 6.45) is 21.2. The minimum Gasteiger partial charge on any atom is -0.417 e. The van der Waals surface area contributed by atoms with Gasteiger partial charge in [0.25, 0.3) is 15.4 Å². The molecule has 0 amide bonds. The zero-order chi connectivity index (χ0) is 27.5. The summed E-state index contributed by atoms with van der Waals surface area (Å²) in [5, 5.41) is 30.8. The van der Waals surface area contributed by atoms with Gasteiger partial charge in [0, 0.05) is 47.7 Å². The molecule has 0 atom stereocenters. The van der Waals surface area contributed by atoms with Crippen LogP contribution in [0, 0.1) is 15.3 Å². The van der Waals surface area contributed by atoms with E-state index >= 15 is 0 Å². The summed E-state index contributed by atoms with van der Waals surface area (Å²) in [4.78, 5) is 21.5. The molecule has 0 aliphatic heterocycles. The molecule has 0 spiro atoms. The molecule has 0 radical (unpaired) electrons. The number of nitrogens with zero attached hydrogens (tertiary/aromatic N) is 4. The van der Waals surface area contributed by atoms with E-state index in [1.165, 1.54) is 12.1 Å². The van der Waals surface area contributed by atoms with Crippen LogP contribution in [-0.4, -0.2) is 54.4 Å². The van der Waals surface area contributed by atoms with Crippen molar-refractivity contribution in [3.8, 4) is 0 Å². The molecule has 10 heteroatoms. The predicted octanol–water partition coefficient (Wildman–Crippen LogP) is 4.43. The Hall–Kier alpha value is -4.59. The van der Waals surface area contributed by atoms with Crippen LogP contribution in [-0.2, 0) is 22.7 Å². The van der Waals surface area contributed by atoms with Crippen LogP contribution in [0.2, 0.25) is 0 Å². The van der Waals surface area contributed by atoms with E-state index in [0.717, 1.165) is 50.2 Å². The summed E-state index contributed by atoms with van der Waals surface area (Å²) in [6, 6.07) is 6.29. The molecule has 1 aromatic rings. The highest BCUT2D eigenvalue weighted by Crippen LogP contribution is 2.13. The Bertz CT molecular complexity index is 1550. The van der Waals surface area contributed by atoms with E-state index < -0.39 is 4.92 Å². The highest BCUT2D eigenvalue weighted by Gasteiger charge is 2.18.